The maximum absolute atomic E-state index is 4.38. The van der Waals surface area contributed by atoms with E-state index in [1.54, 1.807) is 4.80 Å². The summed E-state index contributed by atoms with van der Waals surface area (Å²) in [6.07, 6.45) is 4.00. The van der Waals surface area contributed by atoms with E-state index in [4.69, 9.17) is 0 Å². The van der Waals surface area contributed by atoms with Crippen LogP contribution in [0.5, 0.6) is 0 Å². The van der Waals surface area contributed by atoms with Gasteiger partial charge in [-0.15, -0.1) is 11.3 Å². The van der Waals surface area contributed by atoms with Crippen molar-refractivity contribution in [2.45, 2.75) is 25.8 Å². The molecule has 0 spiro atoms. The lowest BCUT2D eigenvalue weighted by atomic mass is 10.1. The Morgan fingerprint density at radius 2 is 2.41 bits per heavy atom. The Labute approximate surface area is 106 Å². The smallest absolute Gasteiger partial charge is 0.0996 e. The second-order valence-corrected chi connectivity index (χ2v) is 5.02. The van der Waals surface area contributed by atoms with Gasteiger partial charge < -0.3 is 5.32 Å². The lowest BCUT2D eigenvalue weighted by Crippen LogP contribution is -2.22. The number of nitrogens with one attached hydrogen (secondary N) is 1. The lowest BCUT2D eigenvalue weighted by Gasteiger charge is -2.14. The molecule has 2 aromatic heterocycles. The number of thiophene rings is 1. The Balaban J connectivity index is 1.97. The molecule has 2 heterocycles. The molecule has 0 radical (unpaired) electrons. The number of nitrogens with zero attached hydrogens (tertiary/aromatic N) is 3. The van der Waals surface area contributed by atoms with Crippen LogP contribution >= 0.6 is 11.3 Å². The number of hydrogen-bond donors (Lipinski definition) is 1. The Morgan fingerprint density at radius 3 is 3.00 bits per heavy atom. The van der Waals surface area contributed by atoms with Gasteiger partial charge in [-0.3, -0.25) is 0 Å². The van der Waals surface area contributed by atoms with E-state index in [-0.39, 0.29) is 0 Å². The van der Waals surface area contributed by atoms with E-state index < -0.39 is 0 Å². The molecule has 0 aliphatic carbocycles. The van der Waals surface area contributed by atoms with E-state index in [2.05, 4.69) is 40.0 Å². The fourth-order valence-corrected chi connectivity index (χ4v) is 2.59. The Hall–Kier alpha value is -1.20. The summed E-state index contributed by atoms with van der Waals surface area (Å²) >= 11 is 1.81. The van der Waals surface area contributed by atoms with E-state index >= 15 is 0 Å². The van der Waals surface area contributed by atoms with Gasteiger partial charge in [0.15, 0.2) is 0 Å². The normalized spacial score (nSPS) is 12.8. The lowest BCUT2D eigenvalue weighted by molar-refractivity contribution is 0.497. The maximum atomic E-state index is 4.38. The van der Waals surface area contributed by atoms with Crippen LogP contribution in [0.25, 0.3) is 0 Å². The number of rotatable bonds is 6. The molecule has 2 rings (SSSR count). The van der Waals surface area contributed by atoms with E-state index in [1.165, 1.54) is 4.88 Å². The van der Waals surface area contributed by atoms with Crippen molar-refractivity contribution in [2.75, 3.05) is 6.54 Å². The second kappa shape index (κ2) is 5.93. The third-order valence-corrected chi connectivity index (χ3v) is 3.62. The first-order valence-electron chi connectivity index (χ1n) is 5.91. The second-order valence-electron chi connectivity index (χ2n) is 3.99. The predicted molar refractivity (Wildman–Crippen MR) is 70.1 cm³/mol. The van der Waals surface area contributed by atoms with Crippen molar-refractivity contribution >= 4 is 11.3 Å². The summed E-state index contributed by atoms with van der Waals surface area (Å²) in [5.41, 5.74) is 1.03. The zero-order chi connectivity index (χ0) is 12.1. The highest BCUT2D eigenvalue weighted by molar-refractivity contribution is 7.09. The molecule has 92 valence electrons. The van der Waals surface area contributed by atoms with Gasteiger partial charge in [0, 0.05) is 11.9 Å². The molecule has 1 N–H and O–H groups in total. The van der Waals surface area contributed by atoms with Gasteiger partial charge in [0.05, 0.1) is 17.9 Å². The highest BCUT2D eigenvalue weighted by Crippen LogP contribution is 2.19. The number of hydrogen-bond acceptors (Lipinski definition) is 4. The fourth-order valence-electron chi connectivity index (χ4n) is 1.86. The average Bonchev–Trinajstić information content (AvgIpc) is 2.95. The van der Waals surface area contributed by atoms with Crippen LogP contribution in [0.2, 0.25) is 0 Å². The van der Waals surface area contributed by atoms with Crippen LogP contribution in [0.3, 0.4) is 0 Å². The average molecular weight is 250 g/mol. The number of aromatic nitrogens is 3. The highest BCUT2D eigenvalue weighted by Gasteiger charge is 2.13. The van der Waals surface area contributed by atoms with Crippen molar-refractivity contribution in [1.29, 1.82) is 0 Å². The molecule has 5 heteroatoms. The molecule has 0 saturated heterocycles. The van der Waals surface area contributed by atoms with Gasteiger partial charge in [0.2, 0.25) is 0 Å². The van der Waals surface area contributed by atoms with Crippen LogP contribution in [0.1, 0.15) is 30.0 Å². The third kappa shape index (κ3) is 3.38. The molecule has 0 amide bonds. The topological polar surface area (TPSA) is 42.7 Å². The van der Waals surface area contributed by atoms with Crippen LogP contribution in [0.4, 0.5) is 0 Å². The maximum Gasteiger partial charge on any atom is 0.0996 e. The summed E-state index contributed by atoms with van der Waals surface area (Å²) in [6.45, 7) is 3.07. The van der Waals surface area contributed by atoms with Crippen molar-refractivity contribution in [2.24, 2.45) is 7.05 Å². The van der Waals surface area contributed by atoms with Crippen molar-refractivity contribution in [1.82, 2.24) is 20.3 Å². The third-order valence-electron chi connectivity index (χ3n) is 2.68. The molecule has 1 atom stereocenters. The first kappa shape index (κ1) is 12.3. The first-order valence-corrected chi connectivity index (χ1v) is 6.79. The molecular weight excluding hydrogens is 232 g/mol. The van der Waals surface area contributed by atoms with Gasteiger partial charge >= 0.3 is 0 Å². The highest BCUT2D eigenvalue weighted by atomic mass is 32.1. The molecule has 0 saturated carbocycles. The van der Waals surface area contributed by atoms with Crippen LogP contribution < -0.4 is 5.32 Å². The summed E-state index contributed by atoms with van der Waals surface area (Å²) in [4.78, 5) is 3.04. The zero-order valence-corrected chi connectivity index (χ0v) is 11.1. The SMILES string of the molecule is CCNC(CCc1cccs1)c1cnn(C)n1. The minimum Gasteiger partial charge on any atom is -0.309 e. The standard InChI is InChI=1S/C12H18N4S/c1-3-13-11(12-9-14-16(2)15-12)7-6-10-5-4-8-17-10/h4-5,8-9,11,13H,3,6-7H2,1-2H3. The van der Waals surface area contributed by atoms with E-state index in [9.17, 15) is 0 Å². The summed E-state index contributed by atoms with van der Waals surface area (Å²) in [5, 5.41) is 14.1. The van der Waals surface area contributed by atoms with Gasteiger partial charge in [0.1, 0.15) is 0 Å². The predicted octanol–water partition coefficient (Wildman–Crippen LogP) is 2.16. The van der Waals surface area contributed by atoms with Crippen LogP contribution in [-0.4, -0.2) is 21.5 Å². The van der Waals surface area contributed by atoms with Crippen LogP contribution in [-0.2, 0) is 13.5 Å². The molecule has 0 fully saturated rings. The van der Waals surface area contributed by atoms with Crippen molar-refractivity contribution < 1.29 is 0 Å². The molecule has 0 aliphatic heterocycles. The number of aryl methyl sites for hydroxylation is 2. The summed E-state index contributed by atoms with van der Waals surface area (Å²) < 4.78 is 0. The largest absolute Gasteiger partial charge is 0.309 e. The molecular formula is C12H18N4S. The quantitative estimate of drug-likeness (QED) is 0.854. The minimum atomic E-state index is 0.302. The van der Waals surface area contributed by atoms with Gasteiger partial charge in [-0.2, -0.15) is 15.0 Å². The first-order chi connectivity index (χ1) is 8.29. The monoisotopic (exact) mass is 250 g/mol. The fraction of sp³-hybridized carbons (Fsp3) is 0.500. The van der Waals surface area contributed by atoms with E-state index in [0.29, 0.717) is 6.04 Å². The molecule has 1 unspecified atom stereocenters. The van der Waals surface area contributed by atoms with Crippen molar-refractivity contribution in [3.05, 3.63) is 34.3 Å². The van der Waals surface area contributed by atoms with Gasteiger partial charge in [-0.05, 0) is 30.8 Å². The van der Waals surface area contributed by atoms with Gasteiger partial charge in [-0.25, -0.2) is 0 Å². The van der Waals surface area contributed by atoms with E-state index in [1.807, 2.05) is 24.6 Å². The zero-order valence-electron chi connectivity index (χ0n) is 10.3. The molecule has 2 aromatic rings. The summed E-state index contributed by atoms with van der Waals surface area (Å²) in [5.74, 6) is 0. The molecule has 4 nitrogen and oxygen atoms in total. The Kier molecular flexibility index (Phi) is 4.28. The van der Waals surface area contributed by atoms with Crippen LogP contribution in [0, 0.1) is 0 Å². The van der Waals surface area contributed by atoms with E-state index in [0.717, 1.165) is 25.1 Å². The molecule has 0 bridgehead atoms. The van der Waals surface area contributed by atoms with Gasteiger partial charge in [-0.1, -0.05) is 13.0 Å². The molecule has 0 aromatic carbocycles. The van der Waals surface area contributed by atoms with Gasteiger partial charge in [0.25, 0.3) is 0 Å². The summed E-state index contributed by atoms with van der Waals surface area (Å²) in [7, 11) is 1.85. The van der Waals surface area contributed by atoms with Crippen molar-refractivity contribution in [3.8, 4) is 0 Å². The van der Waals surface area contributed by atoms with Crippen molar-refractivity contribution in [3.63, 3.8) is 0 Å². The Bertz CT molecular complexity index is 435. The molecule has 0 aliphatic rings. The molecule has 17 heavy (non-hydrogen) atoms. The minimum absolute atomic E-state index is 0.302. The Morgan fingerprint density at radius 1 is 1.53 bits per heavy atom. The summed E-state index contributed by atoms with van der Waals surface area (Å²) in [6, 6.07) is 4.59. The van der Waals surface area contributed by atoms with Crippen LogP contribution in [0.15, 0.2) is 23.7 Å².